The van der Waals surface area contributed by atoms with Crippen molar-refractivity contribution >= 4 is 27.3 Å². The zero-order valence-corrected chi connectivity index (χ0v) is 22.3. The van der Waals surface area contributed by atoms with Gasteiger partial charge in [0.1, 0.15) is 5.75 Å². The van der Waals surface area contributed by atoms with Crippen molar-refractivity contribution in [1.82, 2.24) is 9.21 Å². The van der Waals surface area contributed by atoms with Gasteiger partial charge in [-0.2, -0.15) is 4.31 Å². The van der Waals surface area contributed by atoms with Crippen LogP contribution in [-0.2, 0) is 29.0 Å². The second-order valence-electron chi connectivity index (χ2n) is 8.51. The summed E-state index contributed by atoms with van der Waals surface area (Å²) in [6.07, 6.45) is 1.61. The number of benzene rings is 1. The van der Waals surface area contributed by atoms with E-state index in [1.807, 2.05) is 23.6 Å². The third-order valence-electron chi connectivity index (χ3n) is 6.17. The number of methoxy groups -OCH3 is 1. The van der Waals surface area contributed by atoms with Crippen LogP contribution in [-0.4, -0.2) is 94.6 Å². The van der Waals surface area contributed by atoms with E-state index < -0.39 is 16.3 Å². The molecule has 1 saturated heterocycles. The largest absolute Gasteiger partial charge is 0.497 e. The molecule has 2 aliphatic heterocycles. The lowest BCUT2D eigenvalue weighted by atomic mass is 9.99. The first-order valence-corrected chi connectivity index (χ1v) is 14.4. The second-order valence-corrected chi connectivity index (χ2v) is 11.4. The van der Waals surface area contributed by atoms with Gasteiger partial charge in [-0.25, -0.2) is 8.42 Å². The monoisotopic (exact) mass is 552 g/mol. The van der Waals surface area contributed by atoms with E-state index in [1.165, 1.54) is 23.5 Å². The van der Waals surface area contributed by atoms with E-state index in [2.05, 4.69) is 0 Å². The number of morpholine rings is 1. The summed E-state index contributed by atoms with van der Waals surface area (Å²) in [7, 11) is -2.36. The molecule has 1 aromatic carbocycles. The molecule has 1 N–H and O–H groups in total. The topological polar surface area (TPSA) is 115 Å². The molecule has 0 radical (unpaired) electrons. The normalized spacial score (nSPS) is 20.4. The van der Waals surface area contributed by atoms with Crippen LogP contribution in [0.3, 0.4) is 0 Å². The van der Waals surface area contributed by atoms with E-state index >= 15 is 0 Å². The molecular weight excluding hydrogens is 520 g/mol. The van der Waals surface area contributed by atoms with Gasteiger partial charge in [-0.3, -0.25) is 4.79 Å². The van der Waals surface area contributed by atoms with E-state index in [0.717, 1.165) is 4.88 Å². The fraction of sp³-hybridized carbons (Fsp3) is 0.480. The van der Waals surface area contributed by atoms with Gasteiger partial charge in [-0.05, 0) is 41.8 Å². The van der Waals surface area contributed by atoms with Crippen molar-refractivity contribution in [3.63, 3.8) is 0 Å². The Morgan fingerprint density at radius 1 is 1.19 bits per heavy atom. The van der Waals surface area contributed by atoms with Crippen LogP contribution in [0, 0.1) is 0 Å². The maximum Gasteiger partial charge on any atom is 0.288 e. The fourth-order valence-corrected chi connectivity index (χ4v) is 6.41. The van der Waals surface area contributed by atoms with Gasteiger partial charge >= 0.3 is 0 Å². The number of carbonyl (C=O) groups is 1. The van der Waals surface area contributed by atoms with Gasteiger partial charge in [-0.1, -0.05) is 6.07 Å². The summed E-state index contributed by atoms with van der Waals surface area (Å²) in [6.45, 7) is 1.57. The van der Waals surface area contributed by atoms with Gasteiger partial charge in [0.2, 0.25) is 16.3 Å². The molecule has 2 atom stereocenters. The van der Waals surface area contributed by atoms with Crippen LogP contribution in [0.5, 0.6) is 5.75 Å². The molecule has 0 aliphatic carbocycles. The van der Waals surface area contributed by atoms with Gasteiger partial charge < -0.3 is 29.0 Å². The van der Waals surface area contributed by atoms with E-state index in [0.29, 0.717) is 38.5 Å². The summed E-state index contributed by atoms with van der Waals surface area (Å²) in [5.41, 5.74) is 0. The zero-order valence-electron chi connectivity index (χ0n) is 20.7. The Kier molecular flexibility index (Phi) is 9.57. The van der Waals surface area contributed by atoms with Gasteiger partial charge in [0.05, 0.1) is 38.4 Å². The highest BCUT2D eigenvalue weighted by molar-refractivity contribution is 7.89. The fourth-order valence-electron chi connectivity index (χ4n) is 4.18. The van der Waals surface area contributed by atoms with Crippen LogP contribution in [0.15, 0.2) is 58.5 Å². The average Bonchev–Trinajstić information content (AvgIpc) is 3.48. The summed E-state index contributed by atoms with van der Waals surface area (Å²) >= 11 is 1.59. The molecule has 3 heterocycles. The highest BCUT2D eigenvalue weighted by Gasteiger charge is 2.32. The Labute approximate surface area is 221 Å². The molecular formula is C25H32N2O8S2. The number of sulfonamides is 1. The number of aliphatic hydroxyl groups is 1. The van der Waals surface area contributed by atoms with E-state index in [-0.39, 0.29) is 48.8 Å². The lowest BCUT2D eigenvalue weighted by Crippen LogP contribution is -2.43. The summed E-state index contributed by atoms with van der Waals surface area (Å²) in [5, 5.41) is 11.5. The first-order valence-electron chi connectivity index (χ1n) is 12.1. The summed E-state index contributed by atoms with van der Waals surface area (Å²) in [6, 6.07) is 10.0. The molecule has 0 bridgehead atoms. The third kappa shape index (κ3) is 6.89. The Hall–Kier alpha value is -2.48. The highest BCUT2D eigenvalue weighted by atomic mass is 32.2. The minimum Gasteiger partial charge on any atom is -0.497 e. The van der Waals surface area contributed by atoms with Crippen molar-refractivity contribution in [1.29, 1.82) is 0 Å². The van der Waals surface area contributed by atoms with E-state index in [4.69, 9.17) is 18.9 Å². The van der Waals surface area contributed by atoms with Crippen molar-refractivity contribution < 1.29 is 37.3 Å². The Morgan fingerprint density at radius 2 is 1.95 bits per heavy atom. The van der Waals surface area contributed by atoms with Crippen LogP contribution in [0.4, 0.5) is 0 Å². The number of hydrogen-bond donors (Lipinski definition) is 1. The predicted molar refractivity (Wildman–Crippen MR) is 137 cm³/mol. The van der Waals surface area contributed by atoms with Crippen molar-refractivity contribution in [2.24, 2.45) is 0 Å². The van der Waals surface area contributed by atoms with Gasteiger partial charge in [-0.15, -0.1) is 11.3 Å². The Bertz CT molecular complexity index is 1150. The maximum absolute atomic E-state index is 13.1. The van der Waals surface area contributed by atoms with Gasteiger partial charge in [0.15, 0.2) is 5.76 Å². The lowest BCUT2D eigenvalue weighted by molar-refractivity contribution is -0.155. The number of hydrogen-bond acceptors (Lipinski definition) is 9. The maximum atomic E-state index is 13.1. The lowest BCUT2D eigenvalue weighted by Gasteiger charge is -2.33. The number of amides is 1. The summed E-state index contributed by atoms with van der Waals surface area (Å²) in [4.78, 5) is 16.0. The minimum atomic E-state index is -3.86. The number of carbonyl (C=O) groups excluding carboxylic acids is 1. The second kappa shape index (κ2) is 12.9. The number of aliphatic hydroxyl groups excluding tert-OH is 1. The van der Waals surface area contributed by atoms with Gasteiger partial charge in [0, 0.05) is 43.4 Å². The molecule has 1 amide bonds. The van der Waals surface area contributed by atoms with Crippen molar-refractivity contribution in [2.75, 3.05) is 59.7 Å². The van der Waals surface area contributed by atoms with Crippen LogP contribution in [0.25, 0.3) is 0 Å². The van der Waals surface area contributed by atoms with Crippen LogP contribution in [0.1, 0.15) is 17.2 Å². The van der Waals surface area contributed by atoms with Crippen LogP contribution in [0.2, 0.25) is 0 Å². The van der Waals surface area contributed by atoms with Gasteiger partial charge in [0.25, 0.3) is 5.91 Å². The molecule has 1 aromatic heterocycles. The highest BCUT2D eigenvalue weighted by Crippen LogP contribution is 2.34. The first-order chi connectivity index (χ1) is 17.9. The number of allylic oxidation sites excluding steroid dienone is 1. The average molecular weight is 553 g/mol. The van der Waals surface area contributed by atoms with Crippen molar-refractivity contribution in [2.45, 2.75) is 23.5 Å². The molecule has 1 fully saturated rings. The van der Waals surface area contributed by atoms with Crippen molar-refractivity contribution in [3.8, 4) is 5.75 Å². The molecule has 2 aromatic rings. The molecule has 12 heteroatoms. The predicted octanol–water partition coefficient (Wildman–Crippen LogP) is 2.03. The summed E-state index contributed by atoms with van der Waals surface area (Å²) < 4.78 is 49.8. The standard InChI is InChI=1S/C25H32N2O8S2/c1-32-20-4-6-21(7-5-20)37(30,31)27(8-12-28)11-15-34-24-18-19(23-3-2-16-36-23)17-22(35-24)25(29)26-9-13-33-14-10-26/h2-7,16-17,19,24,28H,8-15,18H2,1H3/t19-,24+/m0/s1. The molecule has 202 valence electrons. The smallest absolute Gasteiger partial charge is 0.288 e. The number of nitrogens with zero attached hydrogens (tertiary/aromatic N) is 2. The molecule has 37 heavy (non-hydrogen) atoms. The third-order valence-corrected chi connectivity index (χ3v) is 9.08. The van der Waals surface area contributed by atoms with E-state index in [1.54, 1.807) is 28.4 Å². The first kappa shape index (κ1) is 27.6. The number of thiophene rings is 1. The number of ether oxygens (including phenoxy) is 4. The minimum absolute atomic E-state index is 0.00884. The molecule has 10 nitrogen and oxygen atoms in total. The van der Waals surface area contributed by atoms with Crippen LogP contribution >= 0.6 is 11.3 Å². The molecule has 4 rings (SSSR count). The van der Waals surface area contributed by atoms with Crippen LogP contribution < -0.4 is 4.74 Å². The quantitative estimate of drug-likeness (QED) is 0.451. The van der Waals surface area contributed by atoms with E-state index in [9.17, 15) is 18.3 Å². The Morgan fingerprint density at radius 3 is 2.59 bits per heavy atom. The molecule has 0 spiro atoms. The molecule has 0 saturated carbocycles. The summed E-state index contributed by atoms with van der Waals surface area (Å²) in [5.74, 6) is 0.508. The SMILES string of the molecule is COc1ccc(S(=O)(=O)N(CCO)CCO[C@H]2C[C@@H](c3cccs3)C=C(C(=O)N3CCOCC3)O2)cc1. The molecule has 0 unspecified atom stereocenters. The number of rotatable bonds is 11. The molecule has 2 aliphatic rings. The van der Waals surface area contributed by atoms with Crippen molar-refractivity contribution in [3.05, 3.63) is 58.5 Å². The Balaban J connectivity index is 1.42. The zero-order chi connectivity index (χ0) is 26.3.